The molecular weight excluding hydrogens is 334 g/mol. The number of benzene rings is 1. The van der Waals surface area contributed by atoms with Crippen LogP contribution < -0.4 is 11.0 Å². The summed E-state index contributed by atoms with van der Waals surface area (Å²) < 4.78 is 2.42. The molecule has 0 aliphatic rings. The van der Waals surface area contributed by atoms with Crippen molar-refractivity contribution in [1.82, 2.24) is 19.6 Å². The highest BCUT2D eigenvalue weighted by Gasteiger charge is 2.12. The van der Waals surface area contributed by atoms with Gasteiger partial charge >= 0.3 is 5.69 Å². The maximum Gasteiger partial charge on any atom is 0.347 e. The molecule has 3 aromatic rings. The molecule has 0 aliphatic carbocycles. The van der Waals surface area contributed by atoms with Gasteiger partial charge in [-0.05, 0) is 26.0 Å². The fourth-order valence-corrected chi connectivity index (χ4v) is 2.47. The van der Waals surface area contributed by atoms with E-state index in [2.05, 4.69) is 36.4 Å². The van der Waals surface area contributed by atoms with Gasteiger partial charge in [0, 0.05) is 22.3 Å². The summed E-state index contributed by atoms with van der Waals surface area (Å²) in [7, 11) is 0. The Morgan fingerprint density at radius 2 is 2.19 bits per heavy atom. The van der Waals surface area contributed by atoms with Crippen LogP contribution in [0.15, 0.2) is 39.7 Å². The minimum absolute atomic E-state index is 0.186. The minimum atomic E-state index is -0.282. The van der Waals surface area contributed by atoms with E-state index in [1.807, 2.05) is 38.1 Å². The number of aromatic nitrogens is 4. The maximum atomic E-state index is 11.8. The molecule has 0 spiro atoms. The third kappa shape index (κ3) is 2.69. The van der Waals surface area contributed by atoms with E-state index in [9.17, 15) is 4.79 Å². The van der Waals surface area contributed by atoms with Crippen LogP contribution >= 0.6 is 15.9 Å². The summed E-state index contributed by atoms with van der Waals surface area (Å²) in [6.07, 6.45) is 1.69. The lowest BCUT2D eigenvalue weighted by atomic mass is 10.2. The Kier molecular flexibility index (Phi) is 3.50. The summed E-state index contributed by atoms with van der Waals surface area (Å²) in [5, 5.41) is 9.68. The van der Waals surface area contributed by atoms with Crippen LogP contribution in [-0.2, 0) is 0 Å². The lowest BCUT2D eigenvalue weighted by Gasteiger charge is -2.11. The first kappa shape index (κ1) is 13.8. The minimum Gasteiger partial charge on any atom is -0.365 e. The fraction of sp³-hybridized carbons (Fsp3) is 0.214. The van der Waals surface area contributed by atoms with Crippen LogP contribution in [0.3, 0.4) is 0 Å². The van der Waals surface area contributed by atoms with Crippen molar-refractivity contribution in [2.24, 2.45) is 0 Å². The molecule has 1 aromatic carbocycles. The highest BCUT2D eigenvalue weighted by Crippen LogP contribution is 2.23. The summed E-state index contributed by atoms with van der Waals surface area (Å²) >= 11 is 3.44. The van der Waals surface area contributed by atoms with Gasteiger partial charge in [-0.1, -0.05) is 28.1 Å². The zero-order valence-electron chi connectivity index (χ0n) is 11.6. The number of aromatic amines is 1. The summed E-state index contributed by atoms with van der Waals surface area (Å²) in [5.74, 6) is 0.584. The lowest BCUT2D eigenvalue weighted by Crippen LogP contribution is -2.15. The Balaban J connectivity index is 2.24. The average molecular weight is 348 g/mol. The number of hydrogen-bond acceptors (Lipinski definition) is 4. The van der Waals surface area contributed by atoms with Crippen molar-refractivity contribution >= 4 is 27.4 Å². The standard InChI is InChI=1S/C14H14BrN5O/c1-8(2)16-12-13-18-19-14(21)20(13)7-11(17-12)9-4-3-5-10(15)6-9/h3-8H,1-2H3,(H,16,17)(H,19,21). The Hall–Kier alpha value is -2.15. The van der Waals surface area contributed by atoms with E-state index < -0.39 is 0 Å². The van der Waals surface area contributed by atoms with Gasteiger partial charge in [0.25, 0.3) is 0 Å². The predicted molar refractivity (Wildman–Crippen MR) is 85.5 cm³/mol. The normalized spacial score (nSPS) is 11.2. The number of anilines is 1. The van der Waals surface area contributed by atoms with Crippen molar-refractivity contribution in [2.45, 2.75) is 19.9 Å². The molecule has 6 nitrogen and oxygen atoms in total. The van der Waals surface area contributed by atoms with E-state index in [-0.39, 0.29) is 11.7 Å². The smallest absolute Gasteiger partial charge is 0.347 e. The van der Waals surface area contributed by atoms with E-state index in [0.717, 1.165) is 10.0 Å². The first-order valence-corrected chi connectivity index (χ1v) is 7.34. The highest BCUT2D eigenvalue weighted by molar-refractivity contribution is 9.10. The molecular formula is C14H14BrN5O. The van der Waals surface area contributed by atoms with Crippen molar-refractivity contribution in [3.63, 3.8) is 0 Å². The number of halogens is 1. The van der Waals surface area contributed by atoms with Crippen LogP contribution in [0.4, 0.5) is 5.82 Å². The van der Waals surface area contributed by atoms with E-state index in [4.69, 9.17) is 0 Å². The summed E-state index contributed by atoms with van der Waals surface area (Å²) in [4.78, 5) is 16.4. The number of hydrogen-bond donors (Lipinski definition) is 2. The van der Waals surface area contributed by atoms with Gasteiger partial charge in [0.2, 0.25) is 5.65 Å². The monoisotopic (exact) mass is 347 g/mol. The molecule has 21 heavy (non-hydrogen) atoms. The molecule has 3 rings (SSSR count). The van der Waals surface area contributed by atoms with Crippen molar-refractivity contribution in [3.8, 4) is 11.3 Å². The number of nitrogens with one attached hydrogen (secondary N) is 2. The topological polar surface area (TPSA) is 75.1 Å². The second-order valence-electron chi connectivity index (χ2n) is 5.01. The molecule has 2 N–H and O–H groups in total. The third-order valence-electron chi connectivity index (χ3n) is 2.95. The highest BCUT2D eigenvalue weighted by atomic mass is 79.9. The van der Waals surface area contributed by atoms with Crippen molar-refractivity contribution in [3.05, 3.63) is 45.4 Å². The van der Waals surface area contributed by atoms with E-state index in [0.29, 0.717) is 17.2 Å². The number of rotatable bonds is 3. The molecule has 0 radical (unpaired) electrons. The van der Waals surface area contributed by atoms with Crippen LogP contribution in [0, 0.1) is 0 Å². The molecule has 0 saturated carbocycles. The average Bonchev–Trinajstić information content (AvgIpc) is 2.80. The van der Waals surface area contributed by atoms with Crippen molar-refractivity contribution in [2.75, 3.05) is 5.32 Å². The zero-order chi connectivity index (χ0) is 15.0. The Morgan fingerprint density at radius 3 is 2.90 bits per heavy atom. The van der Waals surface area contributed by atoms with Gasteiger partial charge in [-0.3, -0.25) is 0 Å². The predicted octanol–water partition coefficient (Wildman–Crippen LogP) is 2.67. The van der Waals surface area contributed by atoms with Crippen molar-refractivity contribution in [1.29, 1.82) is 0 Å². The van der Waals surface area contributed by atoms with E-state index in [1.165, 1.54) is 4.40 Å². The van der Waals surface area contributed by atoms with Gasteiger partial charge in [-0.15, -0.1) is 5.10 Å². The summed E-state index contributed by atoms with van der Waals surface area (Å²) in [5.41, 5.74) is 1.84. The largest absolute Gasteiger partial charge is 0.365 e. The molecule has 0 amide bonds. The van der Waals surface area contributed by atoms with Gasteiger partial charge in [-0.25, -0.2) is 19.3 Å². The Bertz CT molecular complexity index is 852. The molecule has 0 fully saturated rings. The molecule has 2 aromatic heterocycles. The molecule has 0 aliphatic heterocycles. The van der Waals surface area contributed by atoms with Crippen LogP contribution in [0.25, 0.3) is 16.9 Å². The lowest BCUT2D eigenvalue weighted by molar-refractivity contribution is 0.886. The number of H-pyrrole nitrogens is 1. The molecule has 0 unspecified atom stereocenters. The zero-order valence-corrected chi connectivity index (χ0v) is 13.2. The first-order chi connectivity index (χ1) is 10.0. The molecule has 7 heteroatoms. The molecule has 0 atom stereocenters. The van der Waals surface area contributed by atoms with E-state index in [1.54, 1.807) is 6.20 Å². The van der Waals surface area contributed by atoms with Crippen molar-refractivity contribution < 1.29 is 0 Å². The maximum absolute atomic E-state index is 11.8. The van der Waals surface area contributed by atoms with Gasteiger partial charge in [0.05, 0.1) is 5.69 Å². The third-order valence-corrected chi connectivity index (χ3v) is 3.44. The number of fused-ring (bicyclic) bond motifs is 1. The summed E-state index contributed by atoms with van der Waals surface area (Å²) in [6, 6.07) is 7.96. The Morgan fingerprint density at radius 1 is 1.38 bits per heavy atom. The molecule has 0 bridgehead atoms. The van der Waals surface area contributed by atoms with E-state index >= 15 is 0 Å². The fourth-order valence-electron chi connectivity index (χ4n) is 2.07. The molecule has 0 saturated heterocycles. The second kappa shape index (κ2) is 5.33. The summed E-state index contributed by atoms with van der Waals surface area (Å²) in [6.45, 7) is 4.02. The first-order valence-electron chi connectivity index (χ1n) is 6.55. The second-order valence-corrected chi connectivity index (χ2v) is 5.92. The van der Waals surface area contributed by atoms with Gasteiger partial charge in [0.15, 0.2) is 5.82 Å². The molecule has 2 heterocycles. The quantitative estimate of drug-likeness (QED) is 0.763. The van der Waals surface area contributed by atoms with Crippen LogP contribution in [-0.4, -0.2) is 25.6 Å². The van der Waals surface area contributed by atoms with Crippen LogP contribution in [0.2, 0.25) is 0 Å². The van der Waals surface area contributed by atoms with Crippen LogP contribution in [0.5, 0.6) is 0 Å². The van der Waals surface area contributed by atoms with Crippen LogP contribution in [0.1, 0.15) is 13.8 Å². The van der Waals surface area contributed by atoms with Gasteiger partial charge in [0.1, 0.15) is 0 Å². The SMILES string of the molecule is CC(C)Nc1nc(-c2cccc(Br)c2)cn2c(=O)[nH]nc12. The molecule has 108 valence electrons. The van der Waals surface area contributed by atoms with Gasteiger partial charge in [-0.2, -0.15) is 0 Å². The Labute approximate surface area is 129 Å². The number of nitrogens with zero attached hydrogens (tertiary/aromatic N) is 3. The van der Waals surface area contributed by atoms with Gasteiger partial charge < -0.3 is 5.32 Å².